The van der Waals surface area contributed by atoms with E-state index in [0.717, 1.165) is 31.5 Å². The third-order valence-electron chi connectivity index (χ3n) is 7.61. The van der Waals surface area contributed by atoms with E-state index in [1.165, 1.54) is 57.9 Å². The van der Waals surface area contributed by atoms with E-state index in [-0.39, 0.29) is 0 Å². The molecule has 1 spiro atoms. The molecule has 1 saturated heterocycles. The third kappa shape index (κ3) is 7.00. The largest absolute Gasteiger partial charge is 0.480 e. The van der Waals surface area contributed by atoms with Crippen molar-refractivity contribution in [1.29, 1.82) is 0 Å². The average molecular weight is 396 g/mol. The molecule has 1 unspecified atom stereocenters. The number of nitrogens with one attached hydrogen (secondary N) is 1. The third-order valence-corrected chi connectivity index (χ3v) is 7.61. The Morgan fingerprint density at radius 1 is 1.11 bits per heavy atom. The van der Waals surface area contributed by atoms with Crippen molar-refractivity contribution in [2.45, 2.75) is 84.6 Å². The standard InChI is InChI=1S/C13H24N2O2.C10H21N/c1-10-2-5-13(6-3-10)8-15(9-13)7-4-11(14)12(16)17;1-9-4-6-10(2,7-5-9)8-11-3/h10-11H,2-9,14H2,1H3,(H,16,17);9,11H,4-8H2,1-3H3. The average Bonchev–Trinajstić information content (AvgIpc) is 2.63. The van der Waals surface area contributed by atoms with Gasteiger partial charge in [-0.05, 0) is 61.8 Å². The Labute approximate surface area is 172 Å². The zero-order valence-corrected chi connectivity index (χ0v) is 18.8. The molecular formula is C23H45N3O2. The van der Waals surface area contributed by atoms with Crippen molar-refractivity contribution in [3.8, 4) is 0 Å². The smallest absolute Gasteiger partial charge is 0.320 e. The van der Waals surface area contributed by atoms with Crippen LogP contribution in [0.1, 0.15) is 78.6 Å². The van der Waals surface area contributed by atoms with E-state index in [0.29, 0.717) is 17.3 Å². The number of nitrogens with two attached hydrogens (primary N) is 1. The van der Waals surface area contributed by atoms with E-state index in [1.807, 2.05) is 0 Å². The second-order valence-electron chi connectivity index (χ2n) is 10.7. The molecule has 3 fully saturated rings. The first kappa shape index (κ1) is 23.6. The van der Waals surface area contributed by atoms with Gasteiger partial charge in [-0.25, -0.2) is 0 Å². The maximum absolute atomic E-state index is 10.6. The Hall–Kier alpha value is -0.650. The Balaban J connectivity index is 0.000000221. The van der Waals surface area contributed by atoms with Crippen molar-refractivity contribution in [1.82, 2.24) is 10.2 Å². The van der Waals surface area contributed by atoms with Gasteiger partial charge in [-0.3, -0.25) is 4.79 Å². The van der Waals surface area contributed by atoms with E-state index < -0.39 is 12.0 Å². The number of rotatable bonds is 6. The lowest BCUT2D eigenvalue weighted by molar-refractivity contribution is -0.139. The van der Waals surface area contributed by atoms with Gasteiger partial charge in [0.15, 0.2) is 0 Å². The van der Waals surface area contributed by atoms with Gasteiger partial charge in [0, 0.05) is 26.2 Å². The molecule has 0 aromatic carbocycles. The molecule has 0 bridgehead atoms. The van der Waals surface area contributed by atoms with Gasteiger partial charge in [-0.2, -0.15) is 0 Å². The molecule has 0 amide bonds. The zero-order chi connectivity index (χ0) is 20.8. The number of carbonyl (C=O) groups is 1. The van der Waals surface area contributed by atoms with E-state index in [1.54, 1.807) is 0 Å². The van der Waals surface area contributed by atoms with Crippen LogP contribution in [0.15, 0.2) is 0 Å². The molecule has 2 saturated carbocycles. The molecule has 164 valence electrons. The van der Waals surface area contributed by atoms with Crippen LogP contribution in [-0.2, 0) is 4.79 Å². The number of aliphatic carboxylic acids is 1. The van der Waals surface area contributed by atoms with Crippen LogP contribution in [0.5, 0.6) is 0 Å². The van der Waals surface area contributed by atoms with E-state index in [4.69, 9.17) is 10.8 Å². The van der Waals surface area contributed by atoms with Crippen LogP contribution in [0.4, 0.5) is 0 Å². The number of carboxylic acid groups (broad SMARTS) is 1. The number of likely N-dealkylation sites (tertiary alicyclic amines) is 1. The van der Waals surface area contributed by atoms with Crippen molar-refractivity contribution in [3.63, 3.8) is 0 Å². The lowest BCUT2D eigenvalue weighted by Gasteiger charge is -2.53. The van der Waals surface area contributed by atoms with Crippen molar-refractivity contribution in [3.05, 3.63) is 0 Å². The summed E-state index contributed by atoms with van der Waals surface area (Å²) in [5.74, 6) is 0.988. The van der Waals surface area contributed by atoms with Gasteiger partial charge in [-0.1, -0.05) is 46.5 Å². The normalized spacial score (nSPS) is 31.5. The Bertz CT molecular complexity index is 472. The summed E-state index contributed by atoms with van der Waals surface area (Å²) in [4.78, 5) is 13.0. The zero-order valence-electron chi connectivity index (χ0n) is 18.8. The summed E-state index contributed by atoms with van der Waals surface area (Å²) in [7, 11) is 2.06. The second kappa shape index (κ2) is 10.4. The maximum Gasteiger partial charge on any atom is 0.320 e. The van der Waals surface area contributed by atoms with Gasteiger partial charge in [0.1, 0.15) is 6.04 Å². The van der Waals surface area contributed by atoms with Crippen LogP contribution in [0, 0.1) is 22.7 Å². The number of hydrogen-bond donors (Lipinski definition) is 3. The highest BCUT2D eigenvalue weighted by molar-refractivity contribution is 5.72. The molecule has 28 heavy (non-hydrogen) atoms. The van der Waals surface area contributed by atoms with Gasteiger partial charge in [0.2, 0.25) is 0 Å². The molecule has 0 aromatic rings. The van der Waals surface area contributed by atoms with Gasteiger partial charge in [-0.15, -0.1) is 0 Å². The first-order valence-electron chi connectivity index (χ1n) is 11.5. The van der Waals surface area contributed by atoms with Crippen molar-refractivity contribution in [2.24, 2.45) is 28.4 Å². The monoisotopic (exact) mass is 395 g/mol. The first-order chi connectivity index (χ1) is 13.2. The summed E-state index contributed by atoms with van der Waals surface area (Å²) < 4.78 is 0. The molecule has 1 aliphatic heterocycles. The van der Waals surface area contributed by atoms with Gasteiger partial charge in [0.25, 0.3) is 0 Å². The van der Waals surface area contributed by atoms with Crippen molar-refractivity contribution < 1.29 is 9.90 Å². The highest BCUT2D eigenvalue weighted by atomic mass is 16.4. The Morgan fingerprint density at radius 2 is 1.61 bits per heavy atom. The summed E-state index contributed by atoms with van der Waals surface area (Å²) in [5, 5.41) is 12.0. The molecular weight excluding hydrogens is 350 g/mol. The maximum atomic E-state index is 10.6. The first-order valence-corrected chi connectivity index (χ1v) is 11.5. The summed E-state index contributed by atoms with van der Waals surface area (Å²) in [6.07, 6.45) is 11.7. The molecule has 3 rings (SSSR count). The Morgan fingerprint density at radius 3 is 2.07 bits per heavy atom. The molecule has 0 aromatic heterocycles. The molecule has 5 heteroatoms. The minimum absolute atomic E-state index is 0.569. The highest BCUT2D eigenvalue weighted by Crippen LogP contribution is 2.45. The molecule has 0 radical (unpaired) electrons. The highest BCUT2D eigenvalue weighted by Gasteiger charge is 2.44. The molecule has 1 atom stereocenters. The lowest BCUT2D eigenvalue weighted by atomic mass is 9.66. The number of nitrogens with zero attached hydrogens (tertiary/aromatic N) is 1. The molecule has 2 aliphatic carbocycles. The van der Waals surface area contributed by atoms with Gasteiger partial charge >= 0.3 is 5.97 Å². The summed E-state index contributed by atoms with van der Waals surface area (Å²) in [5.41, 5.74) is 6.67. The lowest BCUT2D eigenvalue weighted by Crippen LogP contribution is -2.58. The van der Waals surface area contributed by atoms with Gasteiger partial charge < -0.3 is 21.1 Å². The van der Waals surface area contributed by atoms with Crippen LogP contribution < -0.4 is 11.1 Å². The van der Waals surface area contributed by atoms with Gasteiger partial charge in [0.05, 0.1) is 0 Å². The van der Waals surface area contributed by atoms with E-state index in [2.05, 4.69) is 38.0 Å². The number of hydrogen-bond acceptors (Lipinski definition) is 4. The summed E-state index contributed by atoms with van der Waals surface area (Å²) >= 11 is 0. The van der Waals surface area contributed by atoms with Crippen LogP contribution in [0.2, 0.25) is 0 Å². The van der Waals surface area contributed by atoms with Crippen LogP contribution in [0.3, 0.4) is 0 Å². The van der Waals surface area contributed by atoms with Crippen molar-refractivity contribution >= 4 is 5.97 Å². The topological polar surface area (TPSA) is 78.6 Å². The summed E-state index contributed by atoms with van der Waals surface area (Å²) in [6.45, 7) is 11.5. The fourth-order valence-electron chi connectivity index (χ4n) is 5.26. The van der Waals surface area contributed by atoms with Crippen LogP contribution in [0.25, 0.3) is 0 Å². The minimum Gasteiger partial charge on any atom is -0.480 e. The quantitative estimate of drug-likeness (QED) is 0.639. The summed E-state index contributed by atoms with van der Waals surface area (Å²) in [6, 6.07) is -0.696. The molecule has 1 heterocycles. The fourth-order valence-corrected chi connectivity index (χ4v) is 5.26. The molecule has 3 aliphatic rings. The minimum atomic E-state index is -0.883. The van der Waals surface area contributed by atoms with Crippen LogP contribution in [-0.4, -0.2) is 55.2 Å². The SMILES string of the molecule is CC1CCC2(CC1)CN(CCC(N)C(=O)O)C2.CNCC1(C)CCC(C)CC1. The predicted octanol–water partition coefficient (Wildman–Crippen LogP) is 3.72. The Kier molecular flexibility index (Phi) is 8.78. The second-order valence-corrected chi connectivity index (χ2v) is 10.7. The fraction of sp³-hybridized carbons (Fsp3) is 0.957. The molecule has 4 N–H and O–H groups in total. The van der Waals surface area contributed by atoms with Crippen LogP contribution >= 0.6 is 0 Å². The predicted molar refractivity (Wildman–Crippen MR) is 116 cm³/mol. The van der Waals surface area contributed by atoms with E-state index >= 15 is 0 Å². The molecule has 5 nitrogen and oxygen atoms in total. The number of carboxylic acids is 1. The van der Waals surface area contributed by atoms with Crippen molar-refractivity contribution in [2.75, 3.05) is 33.2 Å². The van der Waals surface area contributed by atoms with E-state index in [9.17, 15) is 4.79 Å².